The van der Waals surface area contributed by atoms with Crippen LogP contribution in [0, 0.1) is 16.0 Å². The van der Waals surface area contributed by atoms with Crippen LogP contribution in [0.25, 0.3) is 0 Å². The number of hydrogen-bond acceptors (Lipinski definition) is 6. The number of carbonyl (C=O) groups excluding carboxylic acids is 2. The molecule has 0 aliphatic carbocycles. The van der Waals surface area contributed by atoms with Crippen molar-refractivity contribution in [1.82, 2.24) is 10.7 Å². The molecule has 0 heterocycles. The van der Waals surface area contributed by atoms with Gasteiger partial charge in [0, 0.05) is 25.7 Å². The first-order valence-electron chi connectivity index (χ1n) is 9.46. The first-order valence-corrected chi connectivity index (χ1v) is 9.83. The van der Waals surface area contributed by atoms with Crippen LogP contribution < -0.4 is 15.6 Å². The summed E-state index contributed by atoms with van der Waals surface area (Å²) in [5.74, 6) is -1.22. The van der Waals surface area contributed by atoms with Crippen LogP contribution in [-0.4, -0.2) is 43.1 Å². The van der Waals surface area contributed by atoms with Gasteiger partial charge in [-0.25, -0.2) is 5.43 Å². The Kier molecular flexibility index (Phi) is 8.09. The number of carbonyl (C=O) groups is 2. The molecule has 2 rings (SSSR count). The van der Waals surface area contributed by atoms with Gasteiger partial charge in [0.15, 0.2) is 0 Å². The van der Waals surface area contributed by atoms with E-state index in [1.807, 2.05) is 0 Å². The van der Waals surface area contributed by atoms with E-state index in [1.165, 1.54) is 12.3 Å². The molecule has 164 valence electrons. The number of nitrogens with zero attached hydrogens (tertiary/aromatic N) is 3. The largest absolute Gasteiger partial charge is 0.372 e. The lowest BCUT2D eigenvalue weighted by molar-refractivity contribution is -0.384. The summed E-state index contributed by atoms with van der Waals surface area (Å²) in [6.07, 6.45) is 1.30. The van der Waals surface area contributed by atoms with Gasteiger partial charge in [-0.3, -0.25) is 19.7 Å². The van der Waals surface area contributed by atoms with Crippen molar-refractivity contribution in [2.24, 2.45) is 11.0 Å². The van der Waals surface area contributed by atoms with E-state index >= 15 is 0 Å². The number of anilines is 1. The number of hydrogen-bond donors (Lipinski definition) is 2. The SMILES string of the molecule is CC(C)C(NC(=O)c1ccccc1Cl)C(=O)NN=Cc1ccc(N(C)C)c([N+](=O)[O-])c1. The van der Waals surface area contributed by atoms with Gasteiger partial charge in [-0.1, -0.05) is 43.6 Å². The van der Waals surface area contributed by atoms with Crippen molar-refractivity contribution in [2.75, 3.05) is 19.0 Å². The molecule has 0 saturated heterocycles. The van der Waals surface area contributed by atoms with Gasteiger partial charge in [-0.2, -0.15) is 5.10 Å². The highest BCUT2D eigenvalue weighted by Crippen LogP contribution is 2.27. The third kappa shape index (κ3) is 6.26. The van der Waals surface area contributed by atoms with E-state index in [9.17, 15) is 19.7 Å². The predicted molar refractivity (Wildman–Crippen MR) is 121 cm³/mol. The molecule has 0 fully saturated rings. The van der Waals surface area contributed by atoms with Crippen LogP contribution >= 0.6 is 11.6 Å². The molecule has 2 N–H and O–H groups in total. The third-order valence-electron chi connectivity index (χ3n) is 4.42. The molecule has 0 bridgehead atoms. The minimum absolute atomic E-state index is 0.0765. The lowest BCUT2D eigenvalue weighted by Crippen LogP contribution is -2.48. The van der Waals surface area contributed by atoms with Gasteiger partial charge in [0.25, 0.3) is 17.5 Å². The lowest BCUT2D eigenvalue weighted by Gasteiger charge is -2.20. The molecule has 2 aromatic rings. The maximum atomic E-state index is 12.6. The van der Waals surface area contributed by atoms with E-state index in [2.05, 4.69) is 15.8 Å². The Morgan fingerprint density at radius 1 is 1.19 bits per heavy atom. The fourth-order valence-corrected chi connectivity index (χ4v) is 3.01. The minimum atomic E-state index is -0.855. The summed E-state index contributed by atoms with van der Waals surface area (Å²) in [5.41, 5.74) is 3.45. The van der Waals surface area contributed by atoms with Crippen molar-refractivity contribution in [2.45, 2.75) is 19.9 Å². The van der Waals surface area contributed by atoms with Crippen LogP contribution in [0.2, 0.25) is 5.02 Å². The van der Waals surface area contributed by atoms with Gasteiger partial charge in [-0.05, 0) is 24.1 Å². The average molecular weight is 446 g/mol. The van der Waals surface area contributed by atoms with Crippen molar-refractivity contribution in [3.63, 3.8) is 0 Å². The molecule has 0 aliphatic rings. The average Bonchev–Trinajstić information content (AvgIpc) is 2.71. The highest BCUT2D eigenvalue weighted by Gasteiger charge is 2.25. The van der Waals surface area contributed by atoms with Crippen molar-refractivity contribution in [1.29, 1.82) is 0 Å². The van der Waals surface area contributed by atoms with Crippen molar-refractivity contribution in [3.05, 3.63) is 68.7 Å². The van der Waals surface area contributed by atoms with E-state index in [1.54, 1.807) is 69.2 Å². The Balaban J connectivity index is 2.11. The van der Waals surface area contributed by atoms with E-state index in [4.69, 9.17) is 11.6 Å². The number of nitro benzene ring substituents is 1. The molecule has 0 aromatic heterocycles. The number of benzene rings is 2. The number of rotatable bonds is 8. The maximum Gasteiger partial charge on any atom is 0.293 e. The summed E-state index contributed by atoms with van der Waals surface area (Å²) in [7, 11) is 3.42. The number of nitrogens with one attached hydrogen (secondary N) is 2. The lowest BCUT2D eigenvalue weighted by atomic mass is 10.0. The number of amides is 2. The van der Waals surface area contributed by atoms with Crippen LogP contribution in [0.15, 0.2) is 47.6 Å². The smallest absolute Gasteiger partial charge is 0.293 e. The Bertz CT molecular complexity index is 1010. The van der Waals surface area contributed by atoms with Crippen LogP contribution in [0.5, 0.6) is 0 Å². The Morgan fingerprint density at radius 2 is 1.87 bits per heavy atom. The second-order valence-electron chi connectivity index (χ2n) is 7.31. The molecule has 0 spiro atoms. The highest BCUT2D eigenvalue weighted by molar-refractivity contribution is 6.33. The fourth-order valence-electron chi connectivity index (χ4n) is 2.78. The standard InChI is InChI=1S/C21H24ClN5O4/c1-13(2)19(24-20(28)15-7-5-6-8-16(15)22)21(29)25-23-12-14-9-10-17(26(3)4)18(11-14)27(30)31/h5-13,19H,1-4H3,(H,24,28)(H,25,29). The van der Waals surface area contributed by atoms with Crippen LogP contribution in [0.1, 0.15) is 29.8 Å². The van der Waals surface area contributed by atoms with Crippen LogP contribution in [0.4, 0.5) is 11.4 Å². The molecule has 0 aliphatic heterocycles. The Morgan fingerprint density at radius 3 is 2.45 bits per heavy atom. The van der Waals surface area contributed by atoms with Gasteiger partial charge < -0.3 is 10.2 Å². The van der Waals surface area contributed by atoms with Crippen molar-refractivity contribution >= 4 is 41.0 Å². The number of halogens is 1. The topological polar surface area (TPSA) is 117 Å². The molecule has 1 atom stereocenters. The van der Waals surface area contributed by atoms with Gasteiger partial charge in [-0.15, -0.1) is 0 Å². The molecule has 2 amide bonds. The molecule has 9 nitrogen and oxygen atoms in total. The maximum absolute atomic E-state index is 12.6. The third-order valence-corrected chi connectivity index (χ3v) is 4.75. The quantitative estimate of drug-likeness (QED) is 0.367. The van der Waals surface area contributed by atoms with E-state index < -0.39 is 22.8 Å². The summed E-state index contributed by atoms with van der Waals surface area (Å²) < 4.78 is 0. The van der Waals surface area contributed by atoms with Gasteiger partial charge >= 0.3 is 0 Å². The van der Waals surface area contributed by atoms with Gasteiger partial charge in [0.2, 0.25) is 0 Å². The normalized spacial score (nSPS) is 11.9. The molecular weight excluding hydrogens is 422 g/mol. The Labute approximate surface area is 185 Å². The second kappa shape index (κ2) is 10.5. The highest BCUT2D eigenvalue weighted by atomic mass is 35.5. The summed E-state index contributed by atoms with van der Waals surface area (Å²) in [6, 6.07) is 10.3. The van der Waals surface area contributed by atoms with E-state index in [0.29, 0.717) is 11.3 Å². The first-order chi connectivity index (χ1) is 14.6. The molecule has 1 unspecified atom stereocenters. The van der Waals surface area contributed by atoms with Crippen LogP contribution in [-0.2, 0) is 4.79 Å². The monoisotopic (exact) mass is 445 g/mol. The summed E-state index contributed by atoms with van der Waals surface area (Å²) >= 11 is 6.04. The summed E-state index contributed by atoms with van der Waals surface area (Å²) in [6.45, 7) is 3.56. The van der Waals surface area contributed by atoms with Crippen molar-refractivity contribution in [3.8, 4) is 0 Å². The minimum Gasteiger partial charge on any atom is -0.372 e. The molecule has 0 saturated carbocycles. The van der Waals surface area contributed by atoms with Gasteiger partial charge in [0.1, 0.15) is 11.7 Å². The summed E-state index contributed by atoms with van der Waals surface area (Å²) in [4.78, 5) is 37.5. The molecule has 31 heavy (non-hydrogen) atoms. The molecular formula is C21H24ClN5O4. The predicted octanol–water partition coefficient (Wildman–Crippen LogP) is 3.22. The van der Waals surface area contributed by atoms with E-state index in [-0.39, 0.29) is 22.2 Å². The zero-order valence-corrected chi connectivity index (χ0v) is 18.4. The zero-order chi connectivity index (χ0) is 23.1. The first kappa shape index (κ1) is 23.8. The van der Waals surface area contributed by atoms with Crippen molar-refractivity contribution < 1.29 is 14.5 Å². The van der Waals surface area contributed by atoms with Crippen LogP contribution in [0.3, 0.4) is 0 Å². The molecule has 2 aromatic carbocycles. The summed E-state index contributed by atoms with van der Waals surface area (Å²) in [5, 5.41) is 18.1. The second-order valence-corrected chi connectivity index (χ2v) is 7.72. The number of nitro groups is 1. The Hall–Kier alpha value is -3.46. The fraction of sp³-hybridized carbons (Fsp3) is 0.286. The van der Waals surface area contributed by atoms with E-state index in [0.717, 1.165) is 0 Å². The number of hydrazone groups is 1. The molecule has 0 radical (unpaired) electrons. The zero-order valence-electron chi connectivity index (χ0n) is 17.6. The van der Waals surface area contributed by atoms with Gasteiger partial charge in [0.05, 0.1) is 21.7 Å². The molecule has 10 heteroatoms.